The van der Waals surface area contributed by atoms with Crippen molar-refractivity contribution in [2.45, 2.75) is 6.18 Å². The molecule has 0 saturated heterocycles. The molecule has 0 aromatic carbocycles. The molecule has 1 aromatic heterocycles. The Morgan fingerprint density at radius 3 is 2.50 bits per heavy atom. The van der Waals surface area contributed by atoms with E-state index in [2.05, 4.69) is 15.3 Å². The molecule has 1 aromatic rings. The number of alkyl halides is 3. The van der Waals surface area contributed by atoms with Gasteiger partial charge in [0.15, 0.2) is 0 Å². The molecule has 1 N–H and O–H groups in total. The molecule has 0 radical (unpaired) electrons. The van der Waals surface area contributed by atoms with E-state index in [1.165, 1.54) is 13.1 Å². The Kier molecular flexibility index (Phi) is 4.71. The normalized spacial score (nSPS) is 11.7. The number of nitrogens with zero attached hydrogens (tertiary/aromatic N) is 3. The fourth-order valence-corrected chi connectivity index (χ4v) is 1.09. The van der Waals surface area contributed by atoms with Crippen molar-refractivity contribution in [2.75, 3.05) is 39.6 Å². The van der Waals surface area contributed by atoms with Gasteiger partial charge in [-0.05, 0) is 14.1 Å². The maximum atomic E-state index is 12.5. The molecular weight excluding hydrogens is 249 g/mol. The van der Waals surface area contributed by atoms with E-state index >= 15 is 0 Å². The lowest BCUT2D eigenvalue weighted by atomic mass is 10.5. The molecular formula is C10H15F3N4O. The molecule has 0 aliphatic heterocycles. The lowest BCUT2D eigenvalue weighted by molar-refractivity contribution is -0.145. The Hall–Kier alpha value is -1.57. The zero-order valence-electron chi connectivity index (χ0n) is 10.4. The lowest BCUT2D eigenvalue weighted by Gasteiger charge is -2.12. The largest absolute Gasteiger partial charge is 0.476 e. The van der Waals surface area contributed by atoms with Crippen molar-refractivity contribution >= 4 is 5.82 Å². The van der Waals surface area contributed by atoms with Crippen molar-refractivity contribution < 1.29 is 17.9 Å². The summed E-state index contributed by atoms with van der Waals surface area (Å²) in [6, 6.07) is 1.32. The highest BCUT2D eigenvalue weighted by molar-refractivity contribution is 5.38. The third-order valence-electron chi connectivity index (χ3n) is 2.00. The molecule has 0 aliphatic rings. The Labute approximate surface area is 103 Å². The SMILES string of the molecule is CNc1cc(OCCN(C)C)nc(C(F)(F)F)n1. The van der Waals surface area contributed by atoms with Gasteiger partial charge in [-0.3, -0.25) is 0 Å². The van der Waals surface area contributed by atoms with Crippen molar-refractivity contribution in [1.82, 2.24) is 14.9 Å². The number of likely N-dealkylation sites (N-methyl/N-ethyl adjacent to an activating group) is 1. The third kappa shape index (κ3) is 4.36. The second kappa shape index (κ2) is 5.85. The highest BCUT2D eigenvalue weighted by Gasteiger charge is 2.35. The smallest absolute Gasteiger partial charge is 0.451 e. The van der Waals surface area contributed by atoms with Crippen LogP contribution in [0.25, 0.3) is 0 Å². The maximum absolute atomic E-state index is 12.5. The number of hydrogen-bond donors (Lipinski definition) is 1. The van der Waals surface area contributed by atoms with Gasteiger partial charge in [-0.25, -0.2) is 4.98 Å². The van der Waals surface area contributed by atoms with Gasteiger partial charge in [0.05, 0.1) is 0 Å². The van der Waals surface area contributed by atoms with Gasteiger partial charge in [-0.2, -0.15) is 18.2 Å². The van der Waals surface area contributed by atoms with Crippen LogP contribution in [0.3, 0.4) is 0 Å². The summed E-state index contributed by atoms with van der Waals surface area (Å²) in [5.41, 5.74) is 0. The molecule has 0 unspecified atom stereocenters. The van der Waals surface area contributed by atoms with Crippen LogP contribution >= 0.6 is 0 Å². The first-order valence-electron chi connectivity index (χ1n) is 5.24. The fourth-order valence-electron chi connectivity index (χ4n) is 1.09. The maximum Gasteiger partial charge on any atom is 0.451 e. The fraction of sp³-hybridized carbons (Fsp3) is 0.600. The second-order valence-electron chi connectivity index (χ2n) is 3.81. The zero-order valence-corrected chi connectivity index (χ0v) is 10.4. The number of hydrogen-bond acceptors (Lipinski definition) is 5. The summed E-state index contributed by atoms with van der Waals surface area (Å²) in [6.07, 6.45) is -4.59. The van der Waals surface area contributed by atoms with Crippen molar-refractivity contribution in [3.8, 4) is 5.88 Å². The van der Waals surface area contributed by atoms with Crippen LogP contribution in [0.15, 0.2) is 6.07 Å². The van der Waals surface area contributed by atoms with Gasteiger partial charge in [0, 0.05) is 19.7 Å². The molecule has 0 atom stereocenters. The molecule has 0 bridgehead atoms. The van der Waals surface area contributed by atoms with Gasteiger partial charge in [-0.15, -0.1) is 0 Å². The van der Waals surface area contributed by atoms with Crippen LogP contribution in [0.5, 0.6) is 5.88 Å². The first-order valence-corrected chi connectivity index (χ1v) is 5.24. The van der Waals surface area contributed by atoms with Gasteiger partial charge in [-0.1, -0.05) is 0 Å². The van der Waals surface area contributed by atoms with Crippen molar-refractivity contribution in [1.29, 1.82) is 0 Å². The van der Waals surface area contributed by atoms with Crippen molar-refractivity contribution in [3.63, 3.8) is 0 Å². The molecule has 0 aliphatic carbocycles. The minimum atomic E-state index is -4.59. The van der Waals surface area contributed by atoms with Gasteiger partial charge >= 0.3 is 6.18 Å². The second-order valence-corrected chi connectivity index (χ2v) is 3.81. The number of nitrogens with one attached hydrogen (secondary N) is 1. The first kappa shape index (κ1) is 14.5. The summed E-state index contributed by atoms with van der Waals surface area (Å²) in [5, 5.41) is 2.54. The summed E-state index contributed by atoms with van der Waals surface area (Å²) in [7, 11) is 5.15. The van der Waals surface area contributed by atoms with Crippen molar-refractivity contribution in [3.05, 3.63) is 11.9 Å². The number of aromatic nitrogens is 2. The predicted molar refractivity (Wildman–Crippen MR) is 60.6 cm³/mol. The van der Waals surface area contributed by atoms with E-state index in [-0.39, 0.29) is 18.3 Å². The van der Waals surface area contributed by atoms with E-state index in [9.17, 15) is 13.2 Å². The number of ether oxygens (including phenoxy) is 1. The van der Waals surface area contributed by atoms with Crippen LogP contribution < -0.4 is 10.1 Å². The number of anilines is 1. The van der Waals surface area contributed by atoms with Crippen LogP contribution in [0.4, 0.5) is 19.0 Å². The molecule has 0 saturated carbocycles. The van der Waals surface area contributed by atoms with Crippen LogP contribution in [0.2, 0.25) is 0 Å². The van der Waals surface area contributed by atoms with E-state index in [0.29, 0.717) is 6.54 Å². The summed E-state index contributed by atoms with van der Waals surface area (Å²) in [6.45, 7) is 0.838. The molecule has 0 spiro atoms. The average molecular weight is 264 g/mol. The van der Waals surface area contributed by atoms with Gasteiger partial charge in [0.25, 0.3) is 0 Å². The van der Waals surface area contributed by atoms with Gasteiger partial charge in [0.1, 0.15) is 12.4 Å². The van der Waals surface area contributed by atoms with E-state index in [4.69, 9.17) is 4.74 Å². The Balaban J connectivity index is 2.84. The quantitative estimate of drug-likeness (QED) is 0.873. The average Bonchev–Trinajstić information content (AvgIpc) is 2.27. The molecule has 18 heavy (non-hydrogen) atoms. The topological polar surface area (TPSA) is 50.3 Å². The van der Waals surface area contributed by atoms with Crippen molar-refractivity contribution in [2.24, 2.45) is 0 Å². The van der Waals surface area contributed by atoms with E-state index in [1.54, 1.807) is 0 Å². The Morgan fingerprint density at radius 1 is 1.33 bits per heavy atom. The van der Waals surface area contributed by atoms with E-state index in [0.717, 1.165) is 0 Å². The summed E-state index contributed by atoms with van der Waals surface area (Å²) in [5.74, 6) is -1.24. The Bertz CT molecular complexity index is 395. The third-order valence-corrected chi connectivity index (χ3v) is 2.00. The zero-order chi connectivity index (χ0) is 13.8. The molecule has 0 amide bonds. The minimum Gasteiger partial charge on any atom is -0.476 e. The van der Waals surface area contributed by atoms with Gasteiger partial charge in [0.2, 0.25) is 11.7 Å². The summed E-state index contributed by atoms with van der Waals surface area (Å²) < 4.78 is 42.7. The number of rotatable bonds is 5. The molecule has 5 nitrogen and oxygen atoms in total. The molecule has 102 valence electrons. The molecule has 8 heteroatoms. The van der Waals surface area contributed by atoms with Crippen LogP contribution in [-0.2, 0) is 6.18 Å². The summed E-state index contributed by atoms with van der Waals surface area (Å²) >= 11 is 0. The van der Waals surface area contributed by atoms with Gasteiger partial charge < -0.3 is 15.0 Å². The van der Waals surface area contributed by atoms with Crippen LogP contribution in [-0.4, -0.2) is 49.2 Å². The van der Waals surface area contributed by atoms with Crippen LogP contribution in [0.1, 0.15) is 5.82 Å². The molecule has 1 rings (SSSR count). The molecule has 0 fully saturated rings. The summed E-state index contributed by atoms with van der Waals surface area (Å²) in [4.78, 5) is 8.51. The highest BCUT2D eigenvalue weighted by Crippen LogP contribution is 2.28. The minimum absolute atomic E-state index is 0.0668. The molecule has 1 heterocycles. The van der Waals surface area contributed by atoms with E-state index < -0.39 is 12.0 Å². The standard InChI is InChI=1S/C10H15F3N4O/c1-14-7-6-8(18-5-4-17(2)3)16-9(15-7)10(11,12)13/h6H,4-5H2,1-3H3,(H,14,15,16). The monoisotopic (exact) mass is 264 g/mol. The predicted octanol–water partition coefficient (Wildman–Crippen LogP) is 1.48. The highest BCUT2D eigenvalue weighted by atomic mass is 19.4. The number of halogens is 3. The van der Waals surface area contributed by atoms with E-state index in [1.807, 2.05) is 19.0 Å². The first-order chi connectivity index (χ1) is 8.32. The lowest BCUT2D eigenvalue weighted by Crippen LogP contribution is -2.20. The van der Waals surface area contributed by atoms with Crippen LogP contribution in [0, 0.1) is 0 Å². The Morgan fingerprint density at radius 2 is 2.00 bits per heavy atom.